The number of sulfonamides is 1. The number of fused-ring (bicyclic) bond motifs is 1. The van der Waals surface area contributed by atoms with Crippen LogP contribution in [0.1, 0.15) is 50.6 Å². The van der Waals surface area contributed by atoms with Gasteiger partial charge in [-0.2, -0.15) is 18.1 Å². The second kappa shape index (κ2) is 10.4. The van der Waals surface area contributed by atoms with Gasteiger partial charge in [0.2, 0.25) is 16.0 Å². The molecule has 2 atom stereocenters. The minimum atomic E-state index is -3.60. The van der Waals surface area contributed by atoms with Gasteiger partial charge >= 0.3 is 6.61 Å². The van der Waals surface area contributed by atoms with Gasteiger partial charge in [0, 0.05) is 30.7 Å². The average Bonchev–Trinajstić information content (AvgIpc) is 3.23. The lowest BCUT2D eigenvalue weighted by Gasteiger charge is -2.32. The van der Waals surface area contributed by atoms with Gasteiger partial charge in [0.05, 0.1) is 16.5 Å². The third kappa shape index (κ3) is 5.48. The fraction of sp³-hybridized carbons (Fsp3) is 0.500. The Labute approximate surface area is 224 Å². The van der Waals surface area contributed by atoms with Crippen LogP contribution in [0.4, 0.5) is 14.7 Å². The first kappa shape index (κ1) is 27.4. The fourth-order valence-corrected chi connectivity index (χ4v) is 6.92. The fourth-order valence-electron chi connectivity index (χ4n) is 5.45. The average molecular weight is 564 g/mol. The van der Waals surface area contributed by atoms with Crippen LogP contribution < -0.4 is 15.6 Å². The van der Waals surface area contributed by atoms with E-state index in [0.29, 0.717) is 50.6 Å². The Kier molecular flexibility index (Phi) is 7.33. The number of nitrogens with zero attached hydrogens (tertiary/aromatic N) is 4. The van der Waals surface area contributed by atoms with Gasteiger partial charge in [-0.15, -0.1) is 0 Å². The normalized spacial score (nSPS) is 23.0. The van der Waals surface area contributed by atoms with Gasteiger partial charge in [0.1, 0.15) is 5.65 Å². The number of piperidine rings is 1. The number of halogens is 2. The second-order valence-electron chi connectivity index (χ2n) is 10.4. The van der Waals surface area contributed by atoms with Crippen molar-refractivity contribution in [2.75, 3.05) is 18.4 Å². The van der Waals surface area contributed by atoms with Crippen molar-refractivity contribution in [3.05, 3.63) is 52.4 Å². The number of rotatable bonds is 7. The van der Waals surface area contributed by atoms with Crippen LogP contribution in [-0.4, -0.2) is 63.7 Å². The van der Waals surface area contributed by atoms with Crippen LogP contribution in [0.5, 0.6) is 5.75 Å². The minimum Gasteiger partial charge on any atom is -0.429 e. The number of hydrogen-bond acceptors (Lipinski definition) is 8. The van der Waals surface area contributed by atoms with Crippen molar-refractivity contribution < 1.29 is 27.0 Å². The first-order chi connectivity index (χ1) is 18.5. The van der Waals surface area contributed by atoms with Crippen molar-refractivity contribution in [2.24, 2.45) is 0 Å². The number of anilines is 1. The number of ether oxygens (including phenoxy) is 1. The Morgan fingerprint density at radius 3 is 2.49 bits per heavy atom. The number of benzene rings is 1. The molecule has 1 saturated heterocycles. The van der Waals surface area contributed by atoms with Gasteiger partial charge in [-0.05, 0) is 64.2 Å². The number of aliphatic hydroxyl groups is 1. The number of nitrogens with one attached hydrogen (secondary N) is 1. The standard InChI is InChI=1S/C26H31F2N5O5S/c1-16-5-7-19(8-6-16)39(36,37)32-12-9-18(10-13-32)30-25-29-15-17-14-20(38-24(27)28)23(34)33(22(17)31-25)21-4-3-11-26(21,2)35/h5-8,14-15,18,21,24,35H,3-4,9-13H2,1-2H3,(H,29,30,31)/t21-,26-/m1/s1. The summed E-state index contributed by atoms with van der Waals surface area (Å²) in [5.41, 5.74) is -0.846. The van der Waals surface area contributed by atoms with E-state index in [1.54, 1.807) is 31.2 Å². The van der Waals surface area contributed by atoms with E-state index in [4.69, 9.17) is 0 Å². The zero-order valence-corrected chi connectivity index (χ0v) is 22.5. The highest BCUT2D eigenvalue weighted by atomic mass is 32.2. The van der Waals surface area contributed by atoms with Gasteiger partial charge in [0.25, 0.3) is 5.56 Å². The molecule has 0 amide bonds. The molecule has 5 rings (SSSR count). The molecule has 0 radical (unpaired) electrons. The lowest BCUT2D eigenvalue weighted by Crippen LogP contribution is -2.42. The van der Waals surface area contributed by atoms with Gasteiger partial charge in [-0.1, -0.05) is 17.7 Å². The molecule has 39 heavy (non-hydrogen) atoms. The van der Waals surface area contributed by atoms with Crippen molar-refractivity contribution in [3.8, 4) is 5.75 Å². The Bertz CT molecular complexity index is 1520. The minimum absolute atomic E-state index is 0.122. The van der Waals surface area contributed by atoms with E-state index in [1.807, 2.05) is 6.92 Å². The number of aromatic nitrogens is 3. The summed E-state index contributed by atoms with van der Waals surface area (Å²) in [4.78, 5) is 22.3. The maximum absolute atomic E-state index is 13.2. The number of aryl methyl sites for hydroxylation is 1. The predicted molar refractivity (Wildman–Crippen MR) is 141 cm³/mol. The van der Waals surface area contributed by atoms with E-state index < -0.39 is 39.6 Å². The van der Waals surface area contributed by atoms with Crippen LogP contribution >= 0.6 is 0 Å². The molecule has 10 nitrogen and oxygen atoms in total. The van der Waals surface area contributed by atoms with Crippen LogP contribution in [0.25, 0.3) is 11.0 Å². The third-order valence-corrected chi connectivity index (χ3v) is 9.51. The molecule has 3 heterocycles. The molecule has 0 spiro atoms. The van der Waals surface area contributed by atoms with Crippen molar-refractivity contribution in [1.29, 1.82) is 0 Å². The van der Waals surface area contributed by atoms with Crippen molar-refractivity contribution >= 4 is 27.0 Å². The zero-order chi connectivity index (χ0) is 27.9. The largest absolute Gasteiger partial charge is 0.429 e. The molecule has 1 saturated carbocycles. The summed E-state index contributed by atoms with van der Waals surface area (Å²) < 4.78 is 59.2. The molecule has 2 aromatic heterocycles. The van der Waals surface area contributed by atoms with E-state index in [2.05, 4.69) is 20.0 Å². The summed E-state index contributed by atoms with van der Waals surface area (Å²) >= 11 is 0. The quantitative estimate of drug-likeness (QED) is 0.448. The molecule has 210 valence electrons. The molecule has 1 aliphatic heterocycles. The molecule has 13 heteroatoms. The van der Waals surface area contributed by atoms with E-state index in [1.165, 1.54) is 21.1 Å². The molecule has 0 unspecified atom stereocenters. The lowest BCUT2D eigenvalue weighted by atomic mass is 10.00. The van der Waals surface area contributed by atoms with Gasteiger partial charge in [-0.25, -0.2) is 13.4 Å². The van der Waals surface area contributed by atoms with Crippen LogP contribution in [0.15, 0.2) is 46.2 Å². The van der Waals surface area contributed by atoms with E-state index >= 15 is 0 Å². The van der Waals surface area contributed by atoms with Crippen LogP contribution in [0.2, 0.25) is 0 Å². The maximum Gasteiger partial charge on any atom is 0.387 e. The highest BCUT2D eigenvalue weighted by Crippen LogP contribution is 2.40. The van der Waals surface area contributed by atoms with Crippen LogP contribution in [0.3, 0.4) is 0 Å². The lowest BCUT2D eigenvalue weighted by molar-refractivity contribution is -0.0513. The summed E-state index contributed by atoms with van der Waals surface area (Å²) in [7, 11) is -3.60. The highest BCUT2D eigenvalue weighted by Gasteiger charge is 2.40. The Morgan fingerprint density at radius 1 is 1.18 bits per heavy atom. The van der Waals surface area contributed by atoms with Crippen LogP contribution in [0, 0.1) is 6.92 Å². The first-order valence-electron chi connectivity index (χ1n) is 12.9. The predicted octanol–water partition coefficient (Wildman–Crippen LogP) is 3.44. The molecule has 2 fully saturated rings. The Balaban J connectivity index is 1.39. The Morgan fingerprint density at radius 2 is 1.87 bits per heavy atom. The molecule has 1 aromatic carbocycles. The maximum atomic E-state index is 13.2. The first-order valence-corrected chi connectivity index (χ1v) is 14.3. The third-order valence-electron chi connectivity index (χ3n) is 7.59. The van der Waals surface area contributed by atoms with Crippen molar-refractivity contribution in [1.82, 2.24) is 18.8 Å². The topological polar surface area (TPSA) is 127 Å². The SMILES string of the molecule is Cc1ccc(S(=O)(=O)N2CCC(Nc3ncc4cc(OC(F)F)c(=O)n([C@@H]5CCC[C@@]5(C)O)c4n3)CC2)cc1. The Hall–Kier alpha value is -3.16. The molecular weight excluding hydrogens is 532 g/mol. The molecule has 3 aromatic rings. The van der Waals surface area contributed by atoms with Crippen LogP contribution in [-0.2, 0) is 10.0 Å². The molecule has 1 aliphatic carbocycles. The van der Waals surface area contributed by atoms with E-state index in [0.717, 1.165) is 5.56 Å². The monoisotopic (exact) mass is 563 g/mol. The van der Waals surface area contributed by atoms with Crippen molar-refractivity contribution in [2.45, 2.75) is 75.1 Å². The smallest absolute Gasteiger partial charge is 0.387 e. The van der Waals surface area contributed by atoms with Gasteiger partial charge in [0.15, 0.2) is 5.75 Å². The second-order valence-corrected chi connectivity index (χ2v) is 12.4. The van der Waals surface area contributed by atoms with E-state index in [-0.39, 0.29) is 22.5 Å². The highest BCUT2D eigenvalue weighted by molar-refractivity contribution is 7.89. The number of alkyl halides is 2. The summed E-state index contributed by atoms with van der Waals surface area (Å²) in [5, 5.41) is 14.5. The van der Waals surface area contributed by atoms with E-state index in [9.17, 15) is 27.1 Å². The molecular formula is C26H31F2N5O5S. The summed E-state index contributed by atoms with van der Waals surface area (Å²) in [6, 6.07) is 7.14. The number of pyridine rings is 1. The molecule has 2 aliphatic rings. The van der Waals surface area contributed by atoms with Crippen molar-refractivity contribution in [3.63, 3.8) is 0 Å². The zero-order valence-electron chi connectivity index (χ0n) is 21.7. The summed E-state index contributed by atoms with van der Waals surface area (Å²) in [6.45, 7) is 0.947. The summed E-state index contributed by atoms with van der Waals surface area (Å²) in [6.07, 6.45) is 4.02. The van der Waals surface area contributed by atoms with Gasteiger partial charge < -0.3 is 15.2 Å². The molecule has 2 N–H and O–H groups in total. The molecule has 0 bridgehead atoms. The number of hydrogen-bond donors (Lipinski definition) is 2. The van der Waals surface area contributed by atoms with Gasteiger partial charge in [-0.3, -0.25) is 9.36 Å². The summed E-state index contributed by atoms with van der Waals surface area (Å²) in [5.74, 6) is -0.317.